The van der Waals surface area contributed by atoms with Gasteiger partial charge in [0.15, 0.2) is 0 Å². The number of hydrogen-bond donors (Lipinski definition) is 1. The first-order valence-corrected chi connectivity index (χ1v) is 6.41. The van der Waals surface area contributed by atoms with Gasteiger partial charge in [0.1, 0.15) is 16.9 Å². The quantitative estimate of drug-likeness (QED) is 0.906. The molecule has 90 valence electrons. The molecule has 0 aliphatic carbocycles. The van der Waals surface area contributed by atoms with Crippen LogP contribution in [0.3, 0.4) is 0 Å². The SMILES string of the molecule is CCOc1cccc(C(O)c2nc(C)cs2)c1. The molecular weight excluding hydrogens is 234 g/mol. The second-order valence-electron chi connectivity index (χ2n) is 3.74. The van der Waals surface area contributed by atoms with Crippen molar-refractivity contribution >= 4 is 11.3 Å². The number of benzene rings is 1. The predicted octanol–water partition coefficient (Wildman–Crippen LogP) is 2.93. The van der Waals surface area contributed by atoms with Crippen LogP contribution in [0.1, 0.15) is 29.3 Å². The lowest BCUT2D eigenvalue weighted by Crippen LogP contribution is -2.00. The van der Waals surface area contributed by atoms with Crippen LogP contribution in [0.25, 0.3) is 0 Å². The number of aliphatic hydroxyl groups is 1. The molecule has 0 aliphatic heterocycles. The van der Waals surface area contributed by atoms with Crippen molar-refractivity contribution in [3.05, 3.63) is 45.9 Å². The van der Waals surface area contributed by atoms with Gasteiger partial charge in [-0.05, 0) is 31.5 Å². The van der Waals surface area contributed by atoms with Gasteiger partial charge in [0.05, 0.1) is 6.61 Å². The Morgan fingerprint density at radius 2 is 2.29 bits per heavy atom. The highest BCUT2D eigenvalue weighted by Crippen LogP contribution is 2.27. The lowest BCUT2D eigenvalue weighted by atomic mass is 10.1. The maximum absolute atomic E-state index is 10.2. The van der Waals surface area contributed by atoms with Gasteiger partial charge >= 0.3 is 0 Å². The molecule has 17 heavy (non-hydrogen) atoms. The van der Waals surface area contributed by atoms with Crippen LogP contribution in [0.5, 0.6) is 5.75 Å². The molecule has 2 rings (SSSR count). The van der Waals surface area contributed by atoms with Gasteiger partial charge < -0.3 is 9.84 Å². The van der Waals surface area contributed by atoms with Crippen molar-refractivity contribution in [2.75, 3.05) is 6.61 Å². The molecule has 2 aromatic rings. The van der Waals surface area contributed by atoms with E-state index in [0.717, 1.165) is 22.0 Å². The third-order valence-electron chi connectivity index (χ3n) is 2.36. The van der Waals surface area contributed by atoms with E-state index in [1.807, 2.05) is 43.5 Å². The molecular formula is C13H15NO2S. The monoisotopic (exact) mass is 249 g/mol. The van der Waals surface area contributed by atoms with E-state index in [9.17, 15) is 5.11 Å². The molecule has 1 aromatic heterocycles. The molecule has 0 saturated heterocycles. The summed E-state index contributed by atoms with van der Waals surface area (Å²) >= 11 is 1.47. The van der Waals surface area contributed by atoms with Gasteiger partial charge in [-0.25, -0.2) is 4.98 Å². The fraction of sp³-hybridized carbons (Fsp3) is 0.308. The van der Waals surface area contributed by atoms with E-state index in [0.29, 0.717) is 6.61 Å². The Hall–Kier alpha value is -1.39. The molecule has 0 spiro atoms. The Kier molecular flexibility index (Phi) is 3.76. The molecule has 0 fully saturated rings. The summed E-state index contributed by atoms with van der Waals surface area (Å²) in [5.41, 5.74) is 1.75. The zero-order chi connectivity index (χ0) is 12.3. The van der Waals surface area contributed by atoms with Crippen molar-refractivity contribution in [3.63, 3.8) is 0 Å². The van der Waals surface area contributed by atoms with Crippen LogP contribution in [0, 0.1) is 6.92 Å². The number of aryl methyl sites for hydroxylation is 1. The molecule has 0 amide bonds. The summed E-state index contributed by atoms with van der Waals surface area (Å²) in [7, 11) is 0. The third-order valence-corrected chi connectivity index (χ3v) is 3.37. The highest BCUT2D eigenvalue weighted by molar-refractivity contribution is 7.09. The zero-order valence-corrected chi connectivity index (χ0v) is 10.7. The van der Waals surface area contributed by atoms with Crippen molar-refractivity contribution in [1.29, 1.82) is 0 Å². The van der Waals surface area contributed by atoms with E-state index >= 15 is 0 Å². The van der Waals surface area contributed by atoms with Crippen LogP contribution < -0.4 is 4.74 Å². The molecule has 1 N–H and O–H groups in total. The summed E-state index contributed by atoms with van der Waals surface area (Å²) in [5, 5.41) is 12.8. The smallest absolute Gasteiger partial charge is 0.131 e. The predicted molar refractivity (Wildman–Crippen MR) is 68.5 cm³/mol. The number of hydrogen-bond acceptors (Lipinski definition) is 4. The standard InChI is InChI=1S/C13H15NO2S/c1-3-16-11-6-4-5-10(7-11)12(15)13-14-9(2)8-17-13/h4-8,12,15H,3H2,1-2H3. The largest absolute Gasteiger partial charge is 0.494 e. The van der Waals surface area contributed by atoms with Crippen molar-refractivity contribution in [2.24, 2.45) is 0 Å². The highest BCUT2D eigenvalue weighted by atomic mass is 32.1. The number of aromatic nitrogens is 1. The van der Waals surface area contributed by atoms with Crippen LogP contribution in [0.2, 0.25) is 0 Å². The minimum Gasteiger partial charge on any atom is -0.494 e. The van der Waals surface area contributed by atoms with E-state index in [1.165, 1.54) is 11.3 Å². The summed E-state index contributed by atoms with van der Waals surface area (Å²) in [6, 6.07) is 7.49. The number of ether oxygens (including phenoxy) is 1. The first-order chi connectivity index (χ1) is 8.20. The maximum atomic E-state index is 10.2. The van der Waals surface area contributed by atoms with Gasteiger partial charge in [-0.1, -0.05) is 12.1 Å². The topological polar surface area (TPSA) is 42.4 Å². The minimum absolute atomic E-state index is 0.621. The van der Waals surface area contributed by atoms with Gasteiger partial charge in [-0.3, -0.25) is 0 Å². The Labute approximate surface area is 105 Å². The van der Waals surface area contributed by atoms with Crippen molar-refractivity contribution < 1.29 is 9.84 Å². The van der Waals surface area contributed by atoms with Crippen molar-refractivity contribution in [3.8, 4) is 5.75 Å². The average Bonchev–Trinajstić information content (AvgIpc) is 2.76. The number of rotatable bonds is 4. The summed E-state index contributed by atoms with van der Waals surface area (Å²) < 4.78 is 5.41. The van der Waals surface area contributed by atoms with Crippen molar-refractivity contribution in [1.82, 2.24) is 4.98 Å². The Morgan fingerprint density at radius 1 is 1.47 bits per heavy atom. The minimum atomic E-state index is -0.672. The van der Waals surface area contributed by atoms with Gasteiger partial charge in [0, 0.05) is 11.1 Å². The van der Waals surface area contributed by atoms with Crippen LogP contribution >= 0.6 is 11.3 Å². The van der Waals surface area contributed by atoms with Gasteiger partial charge in [-0.15, -0.1) is 11.3 Å². The van der Waals surface area contributed by atoms with E-state index < -0.39 is 6.10 Å². The molecule has 0 aliphatic rings. The van der Waals surface area contributed by atoms with E-state index in [2.05, 4.69) is 4.98 Å². The molecule has 0 bridgehead atoms. The van der Waals surface area contributed by atoms with Gasteiger partial charge in [0.2, 0.25) is 0 Å². The third kappa shape index (κ3) is 2.84. The molecule has 3 nitrogen and oxygen atoms in total. The molecule has 1 atom stereocenters. The van der Waals surface area contributed by atoms with Gasteiger partial charge in [0.25, 0.3) is 0 Å². The summed E-state index contributed by atoms with van der Waals surface area (Å²) in [5.74, 6) is 0.775. The van der Waals surface area contributed by atoms with Crippen LogP contribution in [0.15, 0.2) is 29.6 Å². The number of nitrogens with zero attached hydrogens (tertiary/aromatic N) is 1. The summed E-state index contributed by atoms with van der Waals surface area (Å²) in [6.07, 6.45) is -0.672. The highest BCUT2D eigenvalue weighted by Gasteiger charge is 2.14. The lowest BCUT2D eigenvalue weighted by molar-refractivity contribution is 0.219. The summed E-state index contributed by atoms with van der Waals surface area (Å²) in [4.78, 5) is 4.29. The van der Waals surface area contributed by atoms with Gasteiger partial charge in [-0.2, -0.15) is 0 Å². The molecule has 0 saturated carbocycles. The Bertz CT molecular complexity index is 496. The van der Waals surface area contributed by atoms with Crippen molar-refractivity contribution in [2.45, 2.75) is 20.0 Å². The van der Waals surface area contributed by atoms with Crippen LogP contribution in [0.4, 0.5) is 0 Å². The zero-order valence-electron chi connectivity index (χ0n) is 9.88. The fourth-order valence-electron chi connectivity index (χ4n) is 1.58. The molecule has 4 heteroatoms. The second kappa shape index (κ2) is 5.29. The van der Waals surface area contributed by atoms with E-state index in [-0.39, 0.29) is 0 Å². The second-order valence-corrected chi connectivity index (χ2v) is 4.62. The van der Waals surface area contributed by atoms with E-state index in [1.54, 1.807) is 0 Å². The molecule has 1 unspecified atom stereocenters. The first-order valence-electron chi connectivity index (χ1n) is 5.53. The summed E-state index contributed by atoms with van der Waals surface area (Å²) in [6.45, 7) is 4.48. The Balaban J connectivity index is 2.24. The van der Waals surface area contributed by atoms with E-state index in [4.69, 9.17) is 4.74 Å². The Morgan fingerprint density at radius 3 is 2.94 bits per heavy atom. The normalized spacial score (nSPS) is 12.4. The fourth-order valence-corrected chi connectivity index (χ4v) is 2.39. The first kappa shape index (κ1) is 12.1. The molecule has 0 radical (unpaired) electrons. The number of thiazole rings is 1. The molecule has 1 aromatic carbocycles. The number of aliphatic hydroxyl groups excluding tert-OH is 1. The average molecular weight is 249 g/mol. The maximum Gasteiger partial charge on any atom is 0.131 e. The van der Waals surface area contributed by atoms with Crippen LogP contribution in [-0.4, -0.2) is 16.7 Å². The lowest BCUT2D eigenvalue weighted by Gasteiger charge is -2.10. The van der Waals surface area contributed by atoms with Crippen LogP contribution in [-0.2, 0) is 0 Å². The molecule has 1 heterocycles.